The predicted octanol–water partition coefficient (Wildman–Crippen LogP) is 11.3. The van der Waals surface area contributed by atoms with Gasteiger partial charge in [0.25, 0.3) is 0 Å². The lowest BCUT2D eigenvalue weighted by atomic mass is 9.72. The molecule has 6 rings (SSSR count). The van der Waals surface area contributed by atoms with Crippen LogP contribution in [-0.4, -0.2) is 30.1 Å². The minimum Gasteiger partial charge on any atom is -0.496 e. The highest BCUT2D eigenvalue weighted by atomic mass is 32.3. The molecule has 8 unspecified atom stereocenters. The maximum absolute atomic E-state index is 6.33. The lowest BCUT2D eigenvalue weighted by Crippen LogP contribution is -2.39. The van der Waals surface area contributed by atoms with Crippen LogP contribution in [0.15, 0.2) is 90.2 Å². The van der Waals surface area contributed by atoms with E-state index in [1.165, 1.54) is 40.7 Å². The molecule has 242 valence electrons. The molecule has 0 amide bonds. The van der Waals surface area contributed by atoms with Crippen molar-refractivity contribution in [2.45, 2.75) is 84.1 Å². The Balaban J connectivity index is 1.36. The van der Waals surface area contributed by atoms with E-state index in [4.69, 9.17) is 4.74 Å². The standard InChI is InChI=1S/C43H58OS/c1-27-24-34-32(29-20-22-31(23-21-29)42(3,4)5)18-15-19-33(34)40(27)45(10,11)41-28(2)25-35-36(41)26-37(43(6,7)8)39(44-9)38(35)30-16-13-12-14-17-30/h12-23,26-28,33-36,40-41H,24-25H2,1-11H3. The number of fused-ring (bicyclic) bond motifs is 2. The van der Waals surface area contributed by atoms with Gasteiger partial charge in [-0.2, -0.15) is 0 Å². The third kappa shape index (κ3) is 5.62. The van der Waals surface area contributed by atoms with Crippen molar-refractivity contribution in [3.63, 3.8) is 0 Å². The Morgan fingerprint density at radius 2 is 1.31 bits per heavy atom. The fourth-order valence-corrected chi connectivity index (χ4v) is 15.3. The van der Waals surface area contributed by atoms with Crippen LogP contribution >= 0.6 is 10.0 Å². The Morgan fingerprint density at radius 3 is 1.89 bits per heavy atom. The van der Waals surface area contributed by atoms with E-state index in [0.717, 1.165) is 11.0 Å². The van der Waals surface area contributed by atoms with Gasteiger partial charge in [-0.25, -0.2) is 10.0 Å². The Kier molecular flexibility index (Phi) is 8.42. The average molecular weight is 623 g/mol. The molecule has 0 aliphatic heterocycles. The maximum Gasteiger partial charge on any atom is 0.126 e. The van der Waals surface area contributed by atoms with Crippen LogP contribution in [0.3, 0.4) is 0 Å². The Labute approximate surface area is 276 Å². The fraction of sp³-hybridized carbons (Fsp3) is 0.535. The van der Waals surface area contributed by atoms with Crippen LogP contribution in [0, 0.1) is 40.9 Å². The van der Waals surface area contributed by atoms with Gasteiger partial charge >= 0.3 is 0 Å². The molecule has 0 heterocycles. The van der Waals surface area contributed by atoms with Crippen molar-refractivity contribution in [1.29, 1.82) is 0 Å². The summed E-state index contributed by atoms with van der Waals surface area (Å²) in [6.07, 6.45) is 18.1. The largest absolute Gasteiger partial charge is 0.496 e. The van der Waals surface area contributed by atoms with Gasteiger partial charge < -0.3 is 4.74 Å². The number of ether oxygens (including phenoxy) is 1. The molecule has 2 saturated carbocycles. The van der Waals surface area contributed by atoms with Gasteiger partial charge in [-0.3, -0.25) is 0 Å². The predicted molar refractivity (Wildman–Crippen MR) is 199 cm³/mol. The van der Waals surface area contributed by atoms with Crippen molar-refractivity contribution in [3.05, 3.63) is 107 Å². The SMILES string of the molecule is COC1=C(c2ccccc2)C2CC(C)C(S(C)(C)C3C(C)CC4C(c5ccc(C(C)(C)C)cc5)=CC=CC43)C2C=C1C(C)(C)C. The highest BCUT2D eigenvalue weighted by Gasteiger charge is 2.56. The second kappa shape index (κ2) is 11.7. The quantitative estimate of drug-likeness (QED) is 0.322. The Morgan fingerprint density at radius 1 is 0.711 bits per heavy atom. The van der Waals surface area contributed by atoms with Gasteiger partial charge in [0.1, 0.15) is 5.76 Å². The molecular weight excluding hydrogens is 565 g/mol. The molecule has 2 fully saturated rings. The van der Waals surface area contributed by atoms with Gasteiger partial charge in [-0.15, -0.1) is 0 Å². The first-order valence-electron chi connectivity index (χ1n) is 17.4. The Hall–Kier alpha value is -2.45. The van der Waals surface area contributed by atoms with Gasteiger partial charge in [0.15, 0.2) is 0 Å². The number of rotatable bonds is 5. The van der Waals surface area contributed by atoms with Crippen molar-refractivity contribution in [2.24, 2.45) is 40.9 Å². The van der Waals surface area contributed by atoms with Crippen LogP contribution in [-0.2, 0) is 10.2 Å². The molecule has 0 aromatic heterocycles. The summed E-state index contributed by atoms with van der Waals surface area (Å²) in [7, 11) is 0.895. The maximum atomic E-state index is 6.33. The molecule has 2 heteroatoms. The zero-order valence-electron chi connectivity index (χ0n) is 29.9. The normalized spacial score (nSPS) is 32.2. The van der Waals surface area contributed by atoms with E-state index in [-0.39, 0.29) is 10.8 Å². The van der Waals surface area contributed by atoms with E-state index in [2.05, 4.69) is 147 Å². The summed E-state index contributed by atoms with van der Waals surface area (Å²) < 4.78 is 6.33. The van der Waals surface area contributed by atoms with Crippen molar-refractivity contribution >= 4 is 21.2 Å². The van der Waals surface area contributed by atoms with Crippen LogP contribution in [0.5, 0.6) is 0 Å². The first-order valence-corrected chi connectivity index (χ1v) is 20.0. The van der Waals surface area contributed by atoms with Gasteiger partial charge in [-0.05, 0) is 110 Å². The zero-order chi connectivity index (χ0) is 32.5. The number of benzene rings is 2. The van der Waals surface area contributed by atoms with Gasteiger partial charge in [0.2, 0.25) is 0 Å². The number of hydrogen-bond acceptors (Lipinski definition) is 1. The fourth-order valence-electron chi connectivity index (χ4n) is 10.1. The molecule has 4 aliphatic carbocycles. The topological polar surface area (TPSA) is 9.23 Å². The molecule has 0 saturated heterocycles. The average Bonchev–Trinajstić information content (AvgIpc) is 3.51. The molecule has 45 heavy (non-hydrogen) atoms. The third-order valence-corrected chi connectivity index (χ3v) is 16.2. The smallest absolute Gasteiger partial charge is 0.126 e. The molecule has 0 N–H and O–H groups in total. The van der Waals surface area contributed by atoms with Crippen molar-refractivity contribution in [3.8, 4) is 0 Å². The van der Waals surface area contributed by atoms with Gasteiger partial charge in [0.05, 0.1) is 7.11 Å². The molecule has 8 atom stereocenters. The second-order valence-corrected chi connectivity index (χ2v) is 21.3. The minimum absolute atomic E-state index is 0.0201. The molecule has 2 aromatic rings. The van der Waals surface area contributed by atoms with Crippen LogP contribution < -0.4 is 0 Å². The summed E-state index contributed by atoms with van der Waals surface area (Å²) in [6.45, 7) is 19.2. The first-order chi connectivity index (χ1) is 21.1. The summed E-state index contributed by atoms with van der Waals surface area (Å²) in [6, 6.07) is 20.7. The molecular formula is C43H58OS. The van der Waals surface area contributed by atoms with Crippen LogP contribution in [0.25, 0.3) is 11.1 Å². The lowest BCUT2D eigenvalue weighted by Gasteiger charge is -2.52. The summed E-state index contributed by atoms with van der Waals surface area (Å²) in [5, 5.41) is 1.42. The Bertz CT molecular complexity index is 1520. The molecule has 0 radical (unpaired) electrons. The van der Waals surface area contributed by atoms with E-state index < -0.39 is 10.0 Å². The lowest BCUT2D eigenvalue weighted by molar-refractivity contribution is 0.274. The second-order valence-electron chi connectivity index (χ2n) is 17.2. The first kappa shape index (κ1) is 32.5. The van der Waals surface area contributed by atoms with Gasteiger partial charge in [0, 0.05) is 5.57 Å². The molecule has 0 bridgehead atoms. The van der Waals surface area contributed by atoms with Gasteiger partial charge in [-0.1, -0.05) is 134 Å². The van der Waals surface area contributed by atoms with Crippen molar-refractivity contribution in [1.82, 2.24) is 0 Å². The summed E-state index contributed by atoms with van der Waals surface area (Å²) in [4.78, 5) is 0. The number of allylic oxidation sites excluding steroid dienone is 7. The van der Waals surface area contributed by atoms with Crippen LogP contribution in [0.2, 0.25) is 0 Å². The summed E-state index contributed by atoms with van der Waals surface area (Å²) in [5.74, 6) is 4.81. The zero-order valence-corrected chi connectivity index (χ0v) is 30.7. The highest BCUT2D eigenvalue weighted by Crippen LogP contribution is 2.70. The van der Waals surface area contributed by atoms with Crippen molar-refractivity contribution < 1.29 is 4.74 Å². The molecule has 0 spiro atoms. The van der Waals surface area contributed by atoms with E-state index in [9.17, 15) is 0 Å². The van der Waals surface area contributed by atoms with E-state index in [1.54, 1.807) is 5.57 Å². The molecule has 4 aliphatic rings. The van der Waals surface area contributed by atoms with E-state index in [1.807, 2.05) is 7.11 Å². The summed E-state index contributed by atoms with van der Waals surface area (Å²) in [5.41, 5.74) is 8.81. The van der Waals surface area contributed by atoms with Crippen LogP contribution in [0.4, 0.5) is 0 Å². The summed E-state index contributed by atoms with van der Waals surface area (Å²) >= 11 is 0. The number of methoxy groups -OCH3 is 1. The van der Waals surface area contributed by atoms with E-state index >= 15 is 0 Å². The molecule has 2 aromatic carbocycles. The van der Waals surface area contributed by atoms with Crippen LogP contribution in [0.1, 0.15) is 84.9 Å². The van der Waals surface area contributed by atoms with E-state index in [0.29, 0.717) is 40.8 Å². The highest BCUT2D eigenvalue weighted by molar-refractivity contribution is 8.33. The van der Waals surface area contributed by atoms with Crippen molar-refractivity contribution in [2.75, 3.05) is 19.6 Å². The third-order valence-electron chi connectivity index (χ3n) is 11.9. The monoisotopic (exact) mass is 622 g/mol. The minimum atomic E-state index is -0.994. The number of hydrogen-bond donors (Lipinski definition) is 0. The molecule has 1 nitrogen and oxygen atoms in total.